The van der Waals surface area contributed by atoms with Crippen molar-refractivity contribution in [1.82, 2.24) is 14.5 Å². The van der Waals surface area contributed by atoms with E-state index in [2.05, 4.69) is 10.3 Å². The van der Waals surface area contributed by atoms with Crippen LogP contribution in [0.15, 0.2) is 82.7 Å². The predicted octanol–water partition coefficient (Wildman–Crippen LogP) is 3.71. The minimum Gasteiger partial charge on any atom is -0.495 e. The highest BCUT2D eigenvalue weighted by molar-refractivity contribution is 7.99. The minimum atomic E-state index is -0.545. The number of thioether (sulfide) groups is 1. The second-order valence-corrected chi connectivity index (χ2v) is 8.82. The van der Waals surface area contributed by atoms with Gasteiger partial charge in [-0.05, 0) is 42.5 Å². The molecule has 2 heterocycles. The number of para-hydroxylation sites is 3. The number of ether oxygens (including phenoxy) is 1. The van der Waals surface area contributed by atoms with Gasteiger partial charge in [-0.1, -0.05) is 42.1 Å². The molecular weight excluding hydrogens is 478 g/mol. The number of hydrogen-bond acceptors (Lipinski definition) is 6. The van der Waals surface area contributed by atoms with E-state index in [4.69, 9.17) is 15.5 Å². The highest BCUT2D eigenvalue weighted by atomic mass is 32.2. The zero-order valence-electron chi connectivity index (χ0n) is 19.1. The number of nitrogens with zero attached hydrogens (tertiary/aromatic N) is 2. The molecule has 36 heavy (non-hydrogen) atoms. The number of aromatic amines is 1. The molecule has 0 bridgehead atoms. The van der Waals surface area contributed by atoms with Crippen LogP contribution in [0.3, 0.4) is 0 Å². The fourth-order valence-corrected chi connectivity index (χ4v) is 4.71. The molecule has 0 fully saturated rings. The molecule has 10 heteroatoms. The molecule has 2 amide bonds. The van der Waals surface area contributed by atoms with Gasteiger partial charge in [0.2, 0.25) is 11.8 Å². The van der Waals surface area contributed by atoms with E-state index in [0.717, 1.165) is 22.7 Å². The summed E-state index contributed by atoms with van der Waals surface area (Å²) in [4.78, 5) is 45.6. The summed E-state index contributed by atoms with van der Waals surface area (Å²) in [5.41, 5.74) is 8.04. The van der Waals surface area contributed by atoms with E-state index in [-0.39, 0.29) is 17.2 Å². The highest BCUT2D eigenvalue weighted by Gasteiger charge is 2.20. The van der Waals surface area contributed by atoms with Crippen molar-refractivity contribution in [1.29, 1.82) is 0 Å². The van der Waals surface area contributed by atoms with Crippen LogP contribution in [0.5, 0.6) is 5.75 Å². The van der Waals surface area contributed by atoms with Gasteiger partial charge in [0.15, 0.2) is 5.16 Å². The number of amides is 2. The molecule has 0 unspecified atom stereocenters. The van der Waals surface area contributed by atoms with E-state index >= 15 is 0 Å². The Morgan fingerprint density at radius 1 is 1.06 bits per heavy atom. The summed E-state index contributed by atoms with van der Waals surface area (Å²) in [7, 11) is 1.53. The lowest BCUT2D eigenvalue weighted by Gasteiger charge is -2.15. The molecule has 4 N–H and O–H groups in total. The number of aromatic nitrogens is 3. The summed E-state index contributed by atoms with van der Waals surface area (Å²) in [6.07, 6.45) is 0. The number of carbonyl (C=O) groups excluding carboxylic acids is 2. The van der Waals surface area contributed by atoms with Gasteiger partial charge >= 0.3 is 0 Å². The van der Waals surface area contributed by atoms with E-state index in [9.17, 15) is 14.4 Å². The van der Waals surface area contributed by atoms with Crippen LogP contribution >= 0.6 is 11.8 Å². The summed E-state index contributed by atoms with van der Waals surface area (Å²) in [6, 6.07) is 21.0. The molecule has 2 aromatic heterocycles. The molecule has 180 valence electrons. The number of anilines is 1. The monoisotopic (exact) mass is 499 g/mol. The van der Waals surface area contributed by atoms with E-state index < -0.39 is 5.91 Å². The molecular formula is C26H21N5O4S. The zero-order chi connectivity index (χ0) is 25.2. The Bertz CT molecular complexity index is 1670. The van der Waals surface area contributed by atoms with Crippen LogP contribution in [0.1, 0.15) is 10.4 Å². The van der Waals surface area contributed by atoms with Crippen molar-refractivity contribution in [2.75, 3.05) is 18.2 Å². The summed E-state index contributed by atoms with van der Waals surface area (Å²) in [5, 5.41) is 3.94. The lowest BCUT2D eigenvalue weighted by Crippen LogP contribution is -2.23. The van der Waals surface area contributed by atoms with Crippen molar-refractivity contribution < 1.29 is 14.3 Å². The summed E-state index contributed by atoms with van der Waals surface area (Å²) in [5.74, 6) is -0.353. The second-order valence-electron chi connectivity index (χ2n) is 7.88. The number of primary amides is 1. The first-order valence-electron chi connectivity index (χ1n) is 11.0. The number of benzene rings is 3. The maximum absolute atomic E-state index is 13.7. The molecule has 5 aromatic rings. The maximum atomic E-state index is 13.7. The summed E-state index contributed by atoms with van der Waals surface area (Å²) in [6.45, 7) is 0. The number of H-pyrrole nitrogens is 1. The lowest BCUT2D eigenvalue weighted by atomic mass is 10.2. The van der Waals surface area contributed by atoms with E-state index in [1.54, 1.807) is 30.3 Å². The maximum Gasteiger partial charge on any atom is 0.283 e. The van der Waals surface area contributed by atoms with Crippen molar-refractivity contribution in [3.05, 3.63) is 88.7 Å². The molecule has 0 aliphatic heterocycles. The van der Waals surface area contributed by atoms with Gasteiger partial charge in [0.25, 0.3) is 5.56 Å². The van der Waals surface area contributed by atoms with Gasteiger partial charge in [-0.15, -0.1) is 0 Å². The van der Waals surface area contributed by atoms with Crippen LogP contribution in [0, 0.1) is 0 Å². The van der Waals surface area contributed by atoms with E-state index in [0.29, 0.717) is 38.9 Å². The number of methoxy groups -OCH3 is 1. The number of carbonyl (C=O) groups is 2. The number of nitrogens with two attached hydrogens (primary N) is 1. The molecule has 9 nitrogen and oxygen atoms in total. The Kier molecular flexibility index (Phi) is 6.17. The van der Waals surface area contributed by atoms with Gasteiger partial charge in [-0.25, -0.2) is 9.55 Å². The smallest absolute Gasteiger partial charge is 0.283 e. The Hall–Kier alpha value is -4.57. The van der Waals surface area contributed by atoms with Gasteiger partial charge in [0.05, 0.1) is 18.6 Å². The molecule has 0 atom stereocenters. The van der Waals surface area contributed by atoms with E-state index in [1.165, 1.54) is 23.8 Å². The standard InChI is InChI=1S/C26H21N5O4S/c1-35-20-9-5-4-8-19(20)31-25(34)23-22(17-6-2-3-7-18(17)29-23)30-26(31)36-14-21(32)28-16-12-10-15(11-13-16)24(27)33/h2-13,29H,14H2,1H3,(H2,27,33)(H,28,32). The third-order valence-electron chi connectivity index (χ3n) is 5.61. The van der Waals surface area contributed by atoms with Crippen LogP contribution in [0.25, 0.3) is 27.6 Å². The highest BCUT2D eigenvalue weighted by Crippen LogP contribution is 2.29. The van der Waals surface area contributed by atoms with Crippen molar-refractivity contribution >= 4 is 51.2 Å². The molecule has 0 aliphatic carbocycles. The minimum absolute atomic E-state index is 0.00692. The average molecular weight is 500 g/mol. The summed E-state index contributed by atoms with van der Waals surface area (Å²) < 4.78 is 6.95. The predicted molar refractivity (Wildman–Crippen MR) is 140 cm³/mol. The van der Waals surface area contributed by atoms with Crippen LogP contribution in [-0.4, -0.2) is 39.2 Å². The number of rotatable bonds is 7. The molecule has 0 spiro atoms. The fraction of sp³-hybridized carbons (Fsp3) is 0.0769. The van der Waals surface area contributed by atoms with Gasteiger partial charge in [0, 0.05) is 22.2 Å². The fourth-order valence-electron chi connectivity index (χ4n) is 3.91. The van der Waals surface area contributed by atoms with Crippen LogP contribution in [-0.2, 0) is 4.79 Å². The Balaban J connectivity index is 1.53. The van der Waals surface area contributed by atoms with Gasteiger partial charge < -0.3 is 20.8 Å². The first-order chi connectivity index (χ1) is 17.5. The Morgan fingerprint density at radius 3 is 2.53 bits per heavy atom. The first-order valence-corrected chi connectivity index (χ1v) is 11.9. The van der Waals surface area contributed by atoms with Crippen molar-refractivity contribution in [2.45, 2.75) is 5.16 Å². The van der Waals surface area contributed by atoms with E-state index in [1.807, 2.05) is 30.3 Å². The Morgan fingerprint density at radius 2 is 1.78 bits per heavy atom. The normalized spacial score (nSPS) is 11.0. The number of hydrogen-bond donors (Lipinski definition) is 3. The number of fused-ring (bicyclic) bond motifs is 3. The molecule has 0 saturated carbocycles. The molecule has 0 radical (unpaired) electrons. The second kappa shape index (κ2) is 9.59. The zero-order valence-corrected chi connectivity index (χ0v) is 20.0. The van der Waals surface area contributed by atoms with Crippen molar-refractivity contribution in [3.63, 3.8) is 0 Å². The lowest BCUT2D eigenvalue weighted by molar-refractivity contribution is -0.113. The van der Waals surface area contributed by atoms with Crippen LogP contribution < -0.4 is 21.3 Å². The summed E-state index contributed by atoms with van der Waals surface area (Å²) >= 11 is 1.13. The third kappa shape index (κ3) is 4.29. The average Bonchev–Trinajstić information content (AvgIpc) is 3.27. The quantitative estimate of drug-likeness (QED) is 0.231. The Labute approximate surface area is 209 Å². The largest absolute Gasteiger partial charge is 0.495 e. The molecule has 3 aromatic carbocycles. The van der Waals surface area contributed by atoms with Gasteiger partial charge in [0.1, 0.15) is 16.8 Å². The number of nitrogens with one attached hydrogen (secondary N) is 2. The molecule has 0 aliphatic rings. The van der Waals surface area contributed by atoms with Gasteiger partial charge in [-0.2, -0.15) is 0 Å². The van der Waals surface area contributed by atoms with Crippen molar-refractivity contribution in [2.24, 2.45) is 5.73 Å². The first kappa shape index (κ1) is 23.2. The van der Waals surface area contributed by atoms with Gasteiger partial charge in [-0.3, -0.25) is 14.4 Å². The van der Waals surface area contributed by atoms with Crippen LogP contribution in [0.4, 0.5) is 5.69 Å². The SMILES string of the molecule is COc1ccccc1-n1c(SCC(=O)Nc2ccc(C(N)=O)cc2)nc2c([nH]c3ccccc32)c1=O. The third-order valence-corrected chi connectivity index (χ3v) is 6.54. The van der Waals surface area contributed by atoms with Crippen molar-refractivity contribution in [3.8, 4) is 11.4 Å². The van der Waals surface area contributed by atoms with Crippen LogP contribution in [0.2, 0.25) is 0 Å². The topological polar surface area (TPSA) is 132 Å². The molecule has 5 rings (SSSR count). The molecule has 0 saturated heterocycles.